The van der Waals surface area contributed by atoms with Gasteiger partial charge in [0.15, 0.2) is 5.71 Å². The average molecular weight is 364 g/mol. The highest BCUT2D eigenvalue weighted by Gasteiger charge is 2.23. The number of hydrogen-bond donors (Lipinski definition) is 0. The summed E-state index contributed by atoms with van der Waals surface area (Å²) in [6, 6.07) is 19.1. The monoisotopic (exact) mass is 363 g/mol. The molecule has 0 bridgehead atoms. The molecule has 26 heavy (non-hydrogen) atoms. The van der Waals surface area contributed by atoms with Crippen LogP contribution >= 0.6 is 0 Å². The van der Waals surface area contributed by atoms with E-state index in [0.29, 0.717) is 11.5 Å². The van der Waals surface area contributed by atoms with E-state index in [9.17, 15) is 4.79 Å². The van der Waals surface area contributed by atoms with E-state index < -0.39 is 14.0 Å². The first-order chi connectivity index (χ1) is 12.4. The predicted octanol–water partition coefficient (Wildman–Crippen LogP) is 5.63. The van der Waals surface area contributed by atoms with Crippen LogP contribution in [0.4, 0.5) is 5.69 Å². The SMILES string of the molecule is C[Si](C)(C)CCCc1ccc(C2=CC(=Nc3ccccc3)C(=O)O2)cc1. The summed E-state index contributed by atoms with van der Waals surface area (Å²) in [5.41, 5.74) is 3.32. The molecule has 4 heteroatoms. The molecule has 0 N–H and O–H groups in total. The number of carbonyl (C=O) groups is 1. The van der Waals surface area contributed by atoms with Crippen LogP contribution in [-0.2, 0) is 16.0 Å². The highest BCUT2D eigenvalue weighted by molar-refractivity contribution is 6.76. The molecule has 2 aromatic rings. The molecule has 3 nitrogen and oxygen atoms in total. The van der Waals surface area contributed by atoms with Gasteiger partial charge in [0.1, 0.15) is 5.76 Å². The molecule has 134 valence electrons. The molecule has 0 unspecified atom stereocenters. The molecular weight excluding hydrogens is 338 g/mol. The van der Waals surface area contributed by atoms with Crippen LogP contribution in [0.2, 0.25) is 25.7 Å². The Balaban J connectivity index is 1.68. The number of cyclic esters (lactones) is 1. The van der Waals surface area contributed by atoms with Gasteiger partial charge in [0.2, 0.25) is 0 Å². The first-order valence-electron chi connectivity index (χ1n) is 9.08. The summed E-state index contributed by atoms with van der Waals surface area (Å²) < 4.78 is 5.39. The number of ether oxygens (including phenoxy) is 1. The first-order valence-corrected chi connectivity index (χ1v) is 12.8. The highest BCUT2D eigenvalue weighted by Crippen LogP contribution is 2.24. The van der Waals surface area contributed by atoms with Crippen LogP contribution < -0.4 is 0 Å². The van der Waals surface area contributed by atoms with Crippen molar-refractivity contribution in [3.63, 3.8) is 0 Å². The van der Waals surface area contributed by atoms with Crippen LogP contribution in [0.25, 0.3) is 5.76 Å². The van der Waals surface area contributed by atoms with Gasteiger partial charge in [0, 0.05) is 19.7 Å². The highest BCUT2D eigenvalue weighted by atomic mass is 28.3. The first kappa shape index (κ1) is 18.3. The molecule has 0 amide bonds. The van der Waals surface area contributed by atoms with Gasteiger partial charge in [-0.15, -0.1) is 0 Å². The van der Waals surface area contributed by atoms with Crippen LogP contribution in [0.1, 0.15) is 17.5 Å². The Kier molecular flexibility index (Phi) is 5.52. The van der Waals surface area contributed by atoms with E-state index >= 15 is 0 Å². The molecule has 0 fully saturated rings. The molecule has 2 aromatic carbocycles. The Morgan fingerprint density at radius 1 is 0.962 bits per heavy atom. The van der Waals surface area contributed by atoms with Crippen LogP contribution in [0, 0.1) is 0 Å². The summed E-state index contributed by atoms with van der Waals surface area (Å²) >= 11 is 0. The fraction of sp³-hybridized carbons (Fsp3) is 0.273. The van der Waals surface area contributed by atoms with Gasteiger partial charge in [-0.2, -0.15) is 0 Å². The van der Waals surface area contributed by atoms with Gasteiger partial charge in [0.25, 0.3) is 0 Å². The van der Waals surface area contributed by atoms with Gasteiger partial charge in [-0.05, 0) is 24.1 Å². The van der Waals surface area contributed by atoms with Crippen molar-refractivity contribution in [1.29, 1.82) is 0 Å². The molecule has 1 aliphatic heterocycles. The number of hydrogen-bond acceptors (Lipinski definition) is 3. The average Bonchev–Trinajstić information content (AvgIpc) is 2.96. The van der Waals surface area contributed by atoms with E-state index in [4.69, 9.17) is 4.74 Å². The third-order valence-electron chi connectivity index (χ3n) is 4.32. The summed E-state index contributed by atoms with van der Waals surface area (Å²) in [5, 5.41) is 0. The summed E-state index contributed by atoms with van der Waals surface area (Å²) in [4.78, 5) is 16.4. The topological polar surface area (TPSA) is 38.7 Å². The van der Waals surface area contributed by atoms with Gasteiger partial charge >= 0.3 is 5.97 Å². The molecule has 1 heterocycles. The predicted molar refractivity (Wildman–Crippen MR) is 111 cm³/mol. The molecule has 0 spiro atoms. The standard InChI is InChI=1S/C22H25NO2Si/c1-26(2,3)15-7-8-17-11-13-18(14-12-17)21-16-20(22(24)25-21)23-19-9-5-4-6-10-19/h4-6,9-14,16H,7-8,15H2,1-3H3. The number of aliphatic imine (C=N–C) groups is 1. The van der Waals surface area contributed by atoms with Crippen LogP contribution in [0.5, 0.6) is 0 Å². The van der Waals surface area contributed by atoms with Crippen molar-refractivity contribution in [2.45, 2.75) is 38.5 Å². The van der Waals surface area contributed by atoms with Crippen molar-refractivity contribution in [1.82, 2.24) is 0 Å². The summed E-state index contributed by atoms with van der Waals surface area (Å²) in [6.45, 7) is 7.22. The molecule has 3 rings (SSSR count). The fourth-order valence-electron chi connectivity index (χ4n) is 2.89. The third kappa shape index (κ3) is 5.02. The Bertz CT molecular complexity index is 831. The maximum Gasteiger partial charge on any atom is 0.362 e. The maximum absolute atomic E-state index is 12.1. The largest absolute Gasteiger partial charge is 0.421 e. The van der Waals surface area contributed by atoms with Gasteiger partial charge in [-0.3, -0.25) is 0 Å². The van der Waals surface area contributed by atoms with Crippen LogP contribution in [0.15, 0.2) is 65.7 Å². The Hall–Kier alpha value is -2.46. The van der Waals surface area contributed by atoms with Gasteiger partial charge in [0.05, 0.1) is 5.69 Å². The Morgan fingerprint density at radius 3 is 2.31 bits per heavy atom. The lowest BCUT2D eigenvalue weighted by Gasteiger charge is -2.15. The minimum atomic E-state index is -0.971. The lowest BCUT2D eigenvalue weighted by atomic mass is 10.1. The minimum absolute atomic E-state index is 0.338. The minimum Gasteiger partial charge on any atom is -0.421 e. The van der Waals surface area contributed by atoms with E-state index in [-0.39, 0.29) is 0 Å². The van der Waals surface area contributed by atoms with Crippen molar-refractivity contribution < 1.29 is 9.53 Å². The third-order valence-corrected chi connectivity index (χ3v) is 6.17. The molecule has 0 radical (unpaired) electrons. The van der Waals surface area contributed by atoms with Gasteiger partial charge in [-0.1, -0.05) is 74.6 Å². The summed E-state index contributed by atoms with van der Waals surface area (Å²) in [5.74, 6) is 0.168. The zero-order valence-corrected chi connectivity index (χ0v) is 16.7. The number of nitrogens with zero attached hydrogens (tertiary/aromatic N) is 1. The normalized spacial score (nSPS) is 15.9. The molecule has 0 saturated carbocycles. The van der Waals surface area contributed by atoms with Crippen molar-refractivity contribution >= 4 is 31.2 Å². The number of para-hydroxylation sites is 1. The molecule has 0 atom stereocenters. The fourth-order valence-corrected chi connectivity index (χ4v) is 4.12. The van der Waals surface area contributed by atoms with Gasteiger partial charge in [-0.25, -0.2) is 9.79 Å². The van der Waals surface area contributed by atoms with E-state index in [1.807, 2.05) is 42.5 Å². The van der Waals surface area contributed by atoms with Crippen LogP contribution in [0.3, 0.4) is 0 Å². The number of aryl methyl sites for hydroxylation is 1. The second-order valence-corrected chi connectivity index (χ2v) is 13.5. The van der Waals surface area contributed by atoms with Crippen molar-refractivity contribution in [2.24, 2.45) is 4.99 Å². The van der Waals surface area contributed by atoms with Crippen LogP contribution in [-0.4, -0.2) is 19.8 Å². The number of rotatable bonds is 6. The lowest BCUT2D eigenvalue weighted by Crippen LogP contribution is -2.18. The Labute approximate surface area is 156 Å². The second-order valence-electron chi connectivity index (χ2n) is 7.84. The number of benzene rings is 2. The molecule has 0 aliphatic carbocycles. The summed E-state index contributed by atoms with van der Waals surface area (Å²) in [7, 11) is -0.971. The summed E-state index contributed by atoms with van der Waals surface area (Å²) in [6.07, 6.45) is 4.06. The van der Waals surface area contributed by atoms with Crippen molar-refractivity contribution in [3.05, 3.63) is 71.8 Å². The van der Waals surface area contributed by atoms with E-state index in [0.717, 1.165) is 17.7 Å². The molecule has 1 aliphatic rings. The number of esters is 1. The molecular formula is C22H25NO2Si. The zero-order valence-electron chi connectivity index (χ0n) is 15.7. The Morgan fingerprint density at radius 2 is 1.65 bits per heavy atom. The van der Waals surface area contributed by atoms with E-state index in [1.165, 1.54) is 18.0 Å². The smallest absolute Gasteiger partial charge is 0.362 e. The molecule has 0 saturated heterocycles. The van der Waals surface area contributed by atoms with Crippen molar-refractivity contribution in [3.8, 4) is 0 Å². The maximum atomic E-state index is 12.1. The van der Waals surface area contributed by atoms with Gasteiger partial charge < -0.3 is 4.74 Å². The molecule has 0 aromatic heterocycles. The van der Waals surface area contributed by atoms with E-state index in [2.05, 4.69) is 36.8 Å². The second kappa shape index (κ2) is 7.83. The zero-order chi connectivity index (χ0) is 18.6. The lowest BCUT2D eigenvalue weighted by molar-refractivity contribution is -0.128. The van der Waals surface area contributed by atoms with Crippen molar-refractivity contribution in [2.75, 3.05) is 0 Å². The van der Waals surface area contributed by atoms with E-state index in [1.54, 1.807) is 6.08 Å². The quantitative estimate of drug-likeness (QED) is 0.493. The number of carbonyl (C=O) groups excluding carboxylic acids is 1.